The fourth-order valence-corrected chi connectivity index (χ4v) is 6.65. The number of esters is 1. The second-order valence-corrected chi connectivity index (χ2v) is 12.2. The van der Waals surface area contributed by atoms with E-state index in [0.29, 0.717) is 20.6 Å². The maximum absolute atomic E-state index is 14.0. The number of thiazole rings is 1. The van der Waals surface area contributed by atoms with Crippen LogP contribution in [0.1, 0.15) is 54.9 Å². The summed E-state index contributed by atoms with van der Waals surface area (Å²) >= 11 is 2.99. The average molecular weight is 572 g/mol. The Morgan fingerprint density at radius 1 is 1.07 bits per heavy atom. The molecule has 2 aromatic heterocycles. The van der Waals surface area contributed by atoms with Crippen molar-refractivity contribution in [3.63, 3.8) is 0 Å². The van der Waals surface area contributed by atoms with Crippen LogP contribution in [0.5, 0.6) is 0 Å². The van der Waals surface area contributed by atoms with Gasteiger partial charge in [-0.3, -0.25) is 9.36 Å². The zero-order chi connectivity index (χ0) is 28.7. The lowest BCUT2D eigenvalue weighted by molar-refractivity contribution is -0.143. The lowest BCUT2D eigenvalue weighted by Crippen LogP contribution is -2.40. The summed E-state index contributed by atoms with van der Waals surface area (Å²) in [4.78, 5) is 33.8. The molecule has 0 saturated heterocycles. The van der Waals surface area contributed by atoms with Gasteiger partial charge in [0.1, 0.15) is 0 Å². The molecule has 0 aliphatic carbocycles. The number of nitrogens with zero attached hydrogens (tertiary/aromatic N) is 3. The van der Waals surface area contributed by atoms with Gasteiger partial charge in [-0.05, 0) is 101 Å². The van der Waals surface area contributed by atoms with Crippen LogP contribution in [0.25, 0.3) is 11.8 Å². The van der Waals surface area contributed by atoms with E-state index in [2.05, 4.69) is 55.7 Å². The third-order valence-electron chi connectivity index (χ3n) is 7.03. The molecule has 2 aromatic carbocycles. The van der Waals surface area contributed by atoms with Gasteiger partial charge in [-0.1, -0.05) is 35.6 Å². The minimum Gasteiger partial charge on any atom is -0.459 e. The third-order valence-corrected chi connectivity index (χ3v) is 8.76. The normalized spacial score (nSPS) is 15.4. The number of carbonyl (C=O) groups excluding carboxylic acids is 1. The number of rotatable bonds is 6. The molecule has 40 heavy (non-hydrogen) atoms. The zero-order valence-corrected chi connectivity index (χ0v) is 25.4. The number of benzene rings is 2. The second-order valence-electron chi connectivity index (χ2n) is 10.3. The van der Waals surface area contributed by atoms with Crippen molar-refractivity contribution in [2.45, 2.75) is 58.6 Å². The molecule has 0 unspecified atom stereocenters. The molecular weight excluding hydrogens is 539 g/mol. The van der Waals surface area contributed by atoms with Crippen LogP contribution < -0.4 is 14.9 Å². The Hall–Kier alpha value is -3.62. The van der Waals surface area contributed by atoms with E-state index >= 15 is 0 Å². The Bertz CT molecular complexity index is 1820. The van der Waals surface area contributed by atoms with Gasteiger partial charge < -0.3 is 9.30 Å². The van der Waals surface area contributed by atoms with E-state index in [1.165, 1.54) is 16.9 Å². The SMILES string of the molecule is CSc1ccc([C@@H]2C(C(=O)OC(C)C)=C(C)N=c3s/c(=C\c4cc(C)n(-c5cccc(C)c5)c4C)c(=O)n32)cc1. The van der Waals surface area contributed by atoms with Gasteiger partial charge >= 0.3 is 5.97 Å². The molecular formula is C32H33N3O3S2. The van der Waals surface area contributed by atoms with Gasteiger partial charge in [0.25, 0.3) is 5.56 Å². The minimum atomic E-state index is -0.625. The van der Waals surface area contributed by atoms with Gasteiger partial charge in [-0.15, -0.1) is 11.8 Å². The molecule has 206 valence electrons. The highest BCUT2D eigenvalue weighted by Crippen LogP contribution is 2.32. The van der Waals surface area contributed by atoms with Crippen molar-refractivity contribution in [2.75, 3.05) is 6.26 Å². The summed E-state index contributed by atoms with van der Waals surface area (Å²) < 4.78 is 10.0. The largest absolute Gasteiger partial charge is 0.459 e. The summed E-state index contributed by atoms with van der Waals surface area (Å²) in [6, 6.07) is 17.8. The molecule has 8 heteroatoms. The predicted molar refractivity (Wildman–Crippen MR) is 163 cm³/mol. The Balaban J connectivity index is 1.68. The van der Waals surface area contributed by atoms with E-state index < -0.39 is 12.0 Å². The molecule has 1 aliphatic rings. The Kier molecular flexibility index (Phi) is 7.75. The summed E-state index contributed by atoms with van der Waals surface area (Å²) in [7, 11) is 0. The number of aryl methyl sites for hydroxylation is 2. The maximum Gasteiger partial charge on any atom is 0.338 e. The number of thioether (sulfide) groups is 1. The highest BCUT2D eigenvalue weighted by molar-refractivity contribution is 7.98. The molecule has 6 nitrogen and oxygen atoms in total. The van der Waals surface area contributed by atoms with Crippen molar-refractivity contribution in [1.29, 1.82) is 0 Å². The standard InChI is InChI=1S/C32H33N3O3S2/c1-18(2)38-31(37)28-21(5)33-32-35(29(28)23-11-13-26(39-7)14-12-23)30(36)27(40-32)17-24-16-20(4)34(22(24)6)25-10-8-9-19(3)15-25/h8-18,29H,1-7H3/b27-17-/t29-/m1/s1. The van der Waals surface area contributed by atoms with Crippen molar-refractivity contribution in [3.05, 3.63) is 114 Å². The molecule has 0 fully saturated rings. The third kappa shape index (κ3) is 5.13. The topological polar surface area (TPSA) is 65.6 Å². The summed E-state index contributed by atoms with van der Waals surface area (Å²) in [6.45, 7) is 11.7. The summed E-state index contributed by atoms with van der Waals surface area (Å²) in [5.74, 6) is -0.453. The van der Waals surface area contributed by atoms with E-state index in [4.69, 9.17) is 9.73 Å². The minimum absolute atomic E-state index is 0.176. The molecule has 0 bridgehead atoms. The molecule has 0 amide bonds. The van der Waals surface area contributed by atoms with Crippen molar-refractivity contribution < 1.29 is 9.53 Å². The molecule has 0 radical (unpaired) electrons. The van der Waals surface area contributed by atoms with Gasteiger partial charge in [0.15, 0.2) is 4.80 Å². The van der Waals surface area contributed by atoms with Gasteiger partial charge in [0.2, 0.25) is 0 Å². The van der Waals surface area contributed by atoms with Crippen molar-refractivity contribution in [1.82, 2.24) is 9.13 Å². The highest BCUT2D eigenvalue weighted by atomic mass is 32.2. The smallest absolute Gasteiger partial charge is 0.338 e. The van der Waals surface area contributed by atoms with Crippen LogP contribution in [0.4, 0.5) is 0 Å². The fraction of sp³-hybridized carbons (Fsp3) is 0.281. The number of aromatic nitrogens is 2. The van der Waals surface area contributed by atoms with Crippen molar-refractivity contribution in [3.8, 4) is 5.69 Å². The van der Waals surface area contributed by atoms with E-state index in [9.17, 15) is 9.59 Å². The Morgan fingerprint density at radius 2 is 1.80 bits per heavy atom. The molecule has 3 heterocycles. The molecule has 0 saturated carbocycles. The lowest BCUT2D eigenvalue weighted by Gasteiger charge is -2.25. The first-order valence-corrected chi connectivity index (χ1v) is 15.3. The molecule has 1 aliphatic heterocycles. The van der Waals surface area contributed by atoms with Gasteiger partial charge in [0, 0.05) is 22.0 Å². The van der Waals surface area contributed by atoms with Crippen LogP contribution in [-0.2, 0) is 9.53 Å². The summed E-state index contributed by atoms with van der Waals surface area (Å²) in [5.41, 5.74) is 7.01. The first-order chi connectivity index (χ1) is 19.1. The van der Waals surface area contributed by atoms with Crippen LogP contribution >= 0.6 is 23.1 Å². The number of ether oxygens (including phenoxy) is 1. The van der Waals surface area contributed by atoms with Gasteiger partial charge in [-0.25, -0.2) is 9.79 Å². The fourth-order valence-electron chi connectivity index (χ4n) is 5.20. The van der Waals surface area contributed by atoms with Crippen LogP contribution in [-0.4, -0.2) is 27.5 Å². The first-order valence-electron chi connectivity index (χ1n) is 13.2. The number of hydrogen-bond donors (Lipinski definition) is 0. The monoisotopic (exact) mass is 571 g/mol. The van der Waals surface area contributed by atoms with E-state index in [0.717, 1.165) is 33.1 Å². The predicted octanol–water partition coefficient (Wildman–Crippen LogP) is 5.62. The molecule has 4 aromatic rings. The molecule has 0 spiro atoms. The van der Waals surface area contributed by atoms with Crippen LogP contribution in [0.2, 0.25) is 0 Å². The Morgan fingerprint density at radius 3 is 2.45 bits per heavy atom. The molecule has 5 rings (SSSR count). The number of allylic oxidation sites excluding steroid dienone is 1. The Labute approximate surface area is 242 Å². The lowest BCUT2D eigenvalue weighted by atomic mass is 9.96. The second kappa shape index (κ2) is 11.1. The zero-order valence-electron chi connectivity index (χ0n) is 23.8. The van der Waals surface area contributed by atoms with Crippen molar-refractivity contribution in [2.24, 2.45) is 4.99 Å². The summed E-state index contributed by atoms with van der Waals surface area (Å²) in [5, 5.41) is 0. The number of fused-ring (bicyclic) bond motifs is 1. The molecule has 0 N–H and O–H groups in total. The van der Waals surface area contributed by atoms with Crippen LogP contribution in [0.15, 0.2) is 80.5 Å². The first kappa shape index (κ1) is 27.9. The highest BCUT2D eigenvalue weighted by Gasteiger charge is 2.33. The van der Waals surface area contributed by atoms with E-state index in [1.807, 2.05) is 57.4 Å². The van der Waals surface area contributed by atoms with E-state index in [-0.39, 0.29) is 11.7 Å². The average Bonchev–Trinajstić information content (AvgIpc) is 3.36. The van der Waals surface area contributed by atoms with Gasteiger partial charge in [0.05, 0.1) is 27.9 Å². The quantitative estimate of drug-likeness (QED) is 0.222. The van der Waals surface area contributed by atoms with Crippen molar-refractivity contribution >= 4 is 35.1 Å². The molecule has 1 atom stereocenters. The number of hydrogen-bond acceptors (Lipinski definition) is 6. The van der Waals surface area contributed by atoms with Crippen LogP contribution in [0, 0.1) is 20.8 Å². The number of carbonyl (C=O) groups is 1. The van der Waals surface area contributed by atoms with E-state index in [1.54, 1.807) is 16.3 Å². The summed E-state index contributed by atoms with van der Waals surface area (Å²) in [6.07, 6.45) is 3.67. The van der Waals surface area contributed by atoms with Crippen LogP contribution in [0.3, 0.4) is 0 Å². The maximum atomic E-state index is 14.0. The van der Waals surface area contributed by atoms with Gasteiger partial charge in [-0.2, -0.15) is 0 Å².